The van der Waals surface area contributed by atoms with E-state index in [0.29, 0.717) is 11.8 Å². The number of nitrogens with zero attached hydrogens (tertiary/aromatic N) is 1. The van der Waals surface area contributed by atoms with E-state index in [1.807, 2.05) is 11.8 Å². The van der Waals surface area contributed by atoms with E-state index in [0.717, 1.165) is 19.3 Å². The standard InChI is InChI=1S/C38H44NS/c1-22(2)17-25-13-14-28-30(19-25)24(5)33-36-35-29(15-16-39(36)9)34-26(11-10-12-27(34)21-38(6,7)8)20-32(35)40-37(33)31(28)18-23(3)4/h10-16,19-20,22-23H,17-18,21H2,1-9H3/q+1. The SMILES string of the molecule is Cc1c2c(c(CC(C)C)c3ccc(CC(C)C)cc13)Sc1cc3cccc(CC(C)(C)C)c3c3cc[n+](C)c-2c13. The molecule has 0 atom stereocenters. The number of aromatic nitrogens is 1. The van der Waals surface area contributed by atoms with Gasteiger partial charge in [-0.25, -0.2) is 4.57 Å². The van der Waals surface area contributed by atoms with Gasteiger partial charge in [0, 0.05) is 21.2 Å². The molecule has 1 aliphatic rings. The van der Waals surface area contributed by atoms with Crippen molar-refractivity contribution in [1.29, 1.82) is 0 Å². The van der Waals surface area contributed by atoms with Gasteiger partial charge in [-0.15, -0.1) is 0 Å². The van der Waals surface area contributed by atoms with Crippen molar-refractivity contribution in [2.75, 3.05) is 0 Å². The van der Waals surface area contributed by atoms with Crippen LogP contribution in [0.1, 0.15) is 70.7 Å². The molecule has 0 radical (unpaired) electrons. The van der Waals surface area contributed by atoms with Crippen molar-refractivity contribution >= 4 is 44.1 Å². The Morgan fingerprint density at radius 3 is 2.27 bits per heavy atom. The number of aryl methyl sites for hydroxylation is 2. The molecule has 0 aliphatic carbocycles. The van der Waals surface area contributed by atoms with Gasteiger partial charge < -0.3 is 0 Å². The van der Waals surface area contributed by atoms with Gasteiger partial charge in [-0.2, -0.15) is 0 Å². The molecule has 5 aromatic rings. The largest absolute Gasteiger partial charge is 0.222 e. The van der Waals surface area contributed by atoms with Crippen molar-refractivity contribution in [2.24, 2.45) is 24.3 Å². The maximum Gasteiger partial charge on any atom is 0.222 e. The predicted molar refractivity (Wildman–Crippen MR) is 175 cm³/mol. The van der Waals surface area contributed by atoms with Crippen LogP contribution < -0.4 is 4.57 Å². The highest BCUT2D eigenvalue weighted by Gasteiger charge is 2.33. The maximum absolute atomic E-state index is 2.50. The van der Waals surface area contributed by atoms with Crippen molar-refractivity contribution in [3.05, 3.63) is 77.0 Å². The van der Waals surface area contributed by atoms with Gasteiger partial charge >= 0.3 is 0 Å². The van der Waals surface area contributed by atoms with E-state index in [9.17, 15) is 0 Å². The molecule has 1 aromatic heterocycles. The van der Waals surface area contributed by atoms with Gasteiger partial charge in [0.2, 0.25) is 5.69 Å². The molecule has 0 bridgehead atoms. The van der Waals surface area contributed by atoms with Crippen LogP contribution in [0.25, 0.3) is 43.6 Å². The Morgan fingerprint density at radius 1 is 0.825 bits per heavy atom. The summed E-state index contributed by atoms with van der Waals surface area (Å²) in [6.45, 7) is 18.8. The summed E-state index contributed by atoms with van der Waals surface area (Å²) in [5, 5.41) is 8.49. The van der Waals surface area contributed by atoms with Gasteiger partial charge in [-0.05, 0) is 93.3 Å². The van der Waals surface area contributed by atoms with E-state index < -0.39 is 0 Å². The van der Waals surface area contributed by atoms with Gasteiger partial charge in [0.15, 0.2) is 6.20 Å². The first kappa shape index (κ1) is 27.3. The van der Waals surface area contributed by atoms with E-state index in [4.69, 9.17) is 0 Å². The van der Waals surface area contributed by atoms with Crippen LogP contribution in [0.15, 0.2) is 64.5 Å². The molecule has 0 spiro atoms. The highest BCUT2D eigenvalue weighted by Crippen LogP contribution is 2.53. The van der Waals surface area contributed by atoms with Gasteiger partial charge in [-0.3, -0.25) is 0 Å². The smallest absolute Gasteiger partial charge is 0.200 e. The highest BCUT2D eigenvalue weighted by atomic mass is 32.2. The van der Waals surface area contributed by atoms with Crippen LogP contribution >= 0.6 is 11.8 Å². The summed E-state index contributed by atoms with van der Waals surface area (Å²) in [6, 6.07) is 19.1. The average molecular weight is 547 g/mol. The zero-order chi connectivity index (χ0) is 28.5. The van der Waals surface area contributed by atoms with Crippen molar-refractivity contribution < 1.29 is 4.57 Å². The zero-order valence-electron chi connectivity index (χ0n) is 25.8. The van der Waals surface area contributed by atoms with Crippen LogP contribution in [-0.4, -0.2) is 0 Å². The maximum atomic E-state index is 2.50. The summed E-state index contributed by atoms with van der Waals surface area (Å²) in [5.74, 6) is 1.24. The van der Waals surface area contributed by atoms with Gasteiger partial charge in [0.1, 0.15) is 7.05 Å². The summed E-state index contributed by atoms with van der Waals surface area (Å²) in [4.78, 5) is 2.87. The normalized spacial score (nSPS) is 13.3. The third-order valence-corrected chi connectivity index (χ3v) is 9.62. The molecule has 2 heteroatoms. The van der Waals surface area contributed by atoms with Gasteiger partial charge in [0.25, 0.3) is 0 Å². The lowest BCUT2D eigenvalue weighted by Crippen LogP contribution is -2.32. The van der Waals surface area contributed by atoms with Gasteiger partial charge in [0.05, 0.1) is 10.9 Å². The quantitative estimate of drug-likeness (QED) is 0.154. The number of rotatable bonds is 5. The monoisotopic (exact) mass is 546 g/mol. The van der Waals surface area contributed by atoms with Crippen molar-refractivity contribution in [2.45, 2.75) is 84.4 Å². The zero-order valence-corrected chi connectivity index (χ0v) is 26.6. The first-order chi connectivity index (χ1) is 18.9. The summed E-state index contributed by atoms with van der Waals surface area (Å²) < 4.78 is 2.39. The number of hydrogen-bond donors (Lipinski definition) is 0. The molecule has 0 unspecified atom stereocenters. The minimum Gasteiger partial charge on any atom is -0.200 e. The average Bonchev–Trinajstić information content (AvgIpc) is 2.86. The van der Waals surface area contributed by atoms with Crippen LogP contribution in [0.4, 0.5) is 0 Å². The van der Waals surface area contributed by atoms with Crippen LogP contribution in [0, 0.1) is 24.2 Å². The predicted octanol–water partition coefficient (Wildman–Crippen LogP) is 10.4. The van der Waals surface area contributed by atoms with Crippen LogP contribution in [-0.2, 0) is 26.3 Å². The Labute approximate surface area is 245 Å². The Morgan fingerprint density at radius 2 is 1.57 bits per heavy atom. The van der Waals surface area contributed by atoms with E-state index in [-0.39, 0.29) is 5.41 Å². The fourth-order valence-corrected chi connectivity index (χ4v) is 8.33. The van der Waals surface area contributed by atoms with Crippen molar-refractivity contribution in [3.63, 3.8) is 0 Å². The topological polar surface area (TPSA) is 3.88 Å². The number of pyridine rings is 1. The Hall–Kier alpha value is -2.84. The number of benzene rings is 4. The molecule has 0 fully saturated rings. The fraction of sp³-hybridized carbons (Fsp3) is 0.395. The lowest BCUT2D eigenvalue weighted by atomic mass is 9.84. The van der Waals surface area contributed by atoms with Crippen LogP contribution in [0.2, 0.25) is 0 Å². The van der Waals surface area contributed by atoms with E-state index >= 15 is 0 Å². The molecule has 40 heavy (non-hydrogen) atoms. The van der Waals surface area contributed by atoms with Crippen molar-refractivity contribution in [3.8, 4) is 11.3 Å². The van der Waals surface area contributed by atoms with E-state index in [1.165, 1.54) is 75.6 Å². The summed E-state index contributed by atoms with van der Waals surface area (Å²) in [7, 11) is 2.24. The Balaban J connectivity index is 1.73. The summed E-state index contributed by atoms with van der Waals surface area (Å²) in [5.41, 5.74) is 8.92. The minimum atomic E-state index is 0.231. The van der Waals surface area contributed by atoms with Gasteiger partial charge in [-0.1, -0.05) is 96.6 Å². The second-order valence-corrected chi connectivity index (χ2v) is 15.2. The third-order valence-electron chi connectivity index (χ3n) is 8.42. The second kappa shape index (κ2) is 9.91. The molecule has 1 nitrogen and oxygen atoms in total. The summed E-state index contributed by atoms with van der Waals surface area (Å²) >= 11 is 2.02. The van der Waals surface area contributed by atoms with E-state index in [1.54, 1.807) is 0 Å². The van der Waals surface area contributed by atoms with E-state index in [2.05, 4.69) is 122 Å². The molecule has 4 aromatic carbocycles. The third kappa shape index (κ3) is 4.63. The Bertz CT molecular complexity index is 1800. The molecule has 0 saturated heterocycles. The number of hydrogen-bond acceptors (Lipinski definition) is 1. The van der Waals surface area contributed by atoms with Crippen LogP contribution in [0.3, 0.4) is 0 Å². The molecule has 6 rings (SSSR count). The molecule has 0 amide bonds. The van der Waals surface area contributed by atoms with Crippen molar-refractivity contribution in [1.82, 2.24) is 0 Å². The molecule has 206 valence electrons. The second-order valence-electron chi connectivity index (χ2n) is 14.2. The summed E-state index contributed by atoms with van der Waals surface area (Å²) in [6.07, 6.45) is 5.58. The lowest BCUT2D eigenvalue weighted by Gasteiger charge is -2.27. The molecular formula is C38H44NS+. The first-order valence-electron chi connectivity index (χ1n) is 15.1. The molecule has 2 heterocycles. The van der Waals surface area contributed by atoms with Crippen LogP contribution in [0.5, 0.6) is 0 Å². The highest BCUT2D eigenvalue weighted by molar-refractivity contribution is 8.00. The minimum absolute atomic E-state index is 0.231. The molecule has 0 N–H and O–H groups in total. The fourth-order valence-electron chi connectivity index (χ4n) is 6.95. The number of fused-ring (bicyclic) bond motifs is 5. The molecular weight excluding hydrogens is 502 g/mol. The first-order valence-corrected chi connectivity index (χ1v) is 15.9. The molecule has 1 aliphatic heterocycles. The lowest BCUT2D eigenvalue weighted by molar-refractivity contribution is -0.659. The molecule has 0 saturated carbocycles. The Kier molecular flexibility index (Phi) is 6.77.